The first-order valence-corrected chi connectivity index (χ1v) is 23.9. The van der Waals surface area contributed by atoms with Crippen molar-refractivity contribution >= 4 is 84.4 Å². The van der Waals surface area contributed by atoms with Crippen LogP contribution >= 0.6 is 25.3 Å². The van der Waals surface area contributed by atoms with Crippen LogP contribution in [-0.4, -0.2) is 150 Å². The minimum absolute atomic E-state index is 0.00939. The smallest absolute Gasteiger partial charge is 0.246 e. The fourth-order valence-corrected chi connectivity index (χ4v) is 7.63. The van der Waals surface area contributed by atoms with Gasteiger partial charge in [0, 0.05) is 31.0 Å². The third kappa shape index (κ3) is 20.7. The second kappa shape index (κ2) is 30.7. The molecule has 68 heavy (non-hydrogen) atoms. The van der Waals surface area contributed by atoms with Crippen LogP contribution in [0.3, 0.4) is 0 Å². The molecule has 0 spiro atoms. The monoisotopic (exact) mass is 993 g/mol. The van der Waals surface area contributed by atoms with Gasteiger partial charge in [0.05, 0.1) is 12.6 Å². The number of rotatable bonds is 30. The van der Waals surface area contributed by atoms with Crippen LogP contribution in [0, 0.1) is 5.92 Å². The average molecular weight is 993 g/mol. The lowest BCUT2D eigenvalue weighted by atomic mass is 10.0. The summed E-state index contributed by atoms with van der Waals surface area (Å²) in [6.07, 6.45) is 2.40. The van der Waals surface area contributed by atoms with Gasteiger partial charge in [-0.05, 0) is 76.3 Å². The Morgan fingerprint density at radius 1 is 0.706 bits per heavy atom. The molecule has 1 aromatic rings. The minimum atomic E-state index is -1.29. The van der Waals surface area contributed by atoms with Crippen LogP contribution in [-0.2, 0) is 49.6 Å². The number of carbonyl (C=O) groups excluding carboxylic acids is 9. The Morgan fingerprint density at radius 3 is 1.84 bits per heavy atom. The number of nitrogens with zero attached hydrogens (tertiary/aromatic N) is 2. The molecule has 2 rings (SSSR count). The number of unbranched alkanes of at least 4 members (excludes halogenated alkanes) is 1. The second-order valence-electron chi connectivity index (χ2n) is 16.9. The number of likely N-dealkylation sites (tertiary alicyclic amines) is 1. The summed E-state index contributed by atoms with van der Waals surface area (Å²) in [4.78, 5) is 125. The van der Waals surface area contributed by atoms with Gasteiger partial charge in [0.2, 0.25) is 53.2 Å². The number of hydrogen-bond donors (Lipinski definition) is 14. The Labute approximate surface area is 408 Å². The molecule has 0 radical (unpaired) electrons. The van der Waals surface area contributed by atoms with Crippen molar-refractivity contribution in [3.63, 3.8) is 0 Å². The predicted molar refractivity (Wildman–Crippen MR) is 262 cm³/mol. The molecule has 23 nitrogen and oxygen atoms in total. The highest BCUT2D eigenvalue weighted by Crippen LogP contribution is 2.19. The van der Waals surface area contributed by atoms with Gasteiger partial charge < -0.3 is 70.8 Å². The topological polar surface area (TPSA) is 384 Å². The van der Waals surface area contributed by atoms with Gasteiger partial charge in [0.25, 0.3) is 0 Å². The zero-order chi connectivity index (χ0) is 50.9. The highest BCUT2D eigenvalue weighted by atomic mass is 32.1. The Kier molecular flexibility index (Phi) is 26.4. The van der Waals surface area contributed by atoms with Gasteiger partial charge in [-0.1, -0.05) is 44.2 Å². The van der Waals surface area contributed by atoms with Crippen molar-refractivity contribution in [1.29, 1.82) is 0 Å². The number of carbonyl (C=O) groups is 9. The predicted octanol–water partition coefficient (Wildman–Crippen LogP) is -3.83. The number of primary amides is 1. The van der Waals surface area contributed by atoms with Crippen LogP contribution in [0.25, 0.3) is 0 Å². The number of benzene rings is 1. The molecule has 8 atom stereocenters. The van der Waals surface area contributed by atoms with Crippen molar-refractivity contribution in [2.75, 3.05) is 37.7 Å². The zero-order valence-electron chi connectivity index (χ0n) is 39.0. The van der Waals surface area contributed by atoms with Gasteiger partial charge in [0.1, 0.15) is 42.3 Å². The normalized spacial score (nSPS) is 16.4. The maximum absolute atomic E-state index is 14.2. The first kappa shape index (κ1) is 58.5. The molecule has 1 heterocycles. The second-order valence-corrected chi connectivity index (χ2v) is 17.7. The van der Waals surface area contributed by atoms with Gasteiger partial charge in [-0.25, -0.2) is 0 Å². The number of nitrogens with two attached hydrogens (primary N) is 5. The highest BCUT2D eigenvalue weighted by molar-refractivity contribution is 7.80. The van der Waals surface area contributed by atoms with Crippen LogP contribution < -0.4 is 65.9 Å². The van der Waals surface area contributed by atoms with E-state index >= 15 is 0 Å². The molecule has 1 fully saturated rings. The summed E-state index contributed by atoms with van der Waals surface area (Å²) >= 11 is 8.29. The van der Waals surface area contributed by atoms with Gasteiger partial charge in [0.15, 0.2) is 5.96 Å². The Hall–Kier alpha value is -5.66. The van der Waals surface area contributed by atoms with Gasteiger partial charge in [-0.2, -0.15) is 25.3 Å². The van der Waals surface area contributed by atoms with E-state index < -0.39 is 108 Å². The number of aliphatic imine (C=N–C) groups is 1. The lowest BCUT2D eigenvalue weighted by molar-refractivity contribution is -0.141. The Bertz CT molecular complexity index is 1890. The van der Waals surface area contributed by atoms with E-state index in [-0.39, 0.29) is 68.6 Å². The number of guanidine groups is 1. The zero-order valence-corrected chi connectivity index (χ0v) is 40.8. The van der Waals surface area contributed by atoms with E-state index in [1.165, 1.54) is 11.8 Å². The summed E-state index contributed by atoms with van der Waals surface area (Å²) in [5.41, 5.74) is 28.4. The van der Waals surface area contributed by atoms with Gasteiger partial charge in [-0.15, -0.1) is 0 Å². The molecule has 0 aliphatic carbocycles. The number of amides is 9. The maximum Gasteiger partial charge on any atom is 0.246 e. The van der Waals surface area contributed by atoms with Crippen LogP contribution in [0.4, 0.5) is 0 Å². The van der Waals surface area contributed by atoms with E-state index in [0.29, 0.717) is 37.8 Å². The Morgan fingerprint density at radius 2 is 1.28 bits per heavy atom. The molecule has 1 aromatic carbocycles. The summed E-state index contributed by atoms with van der Waals surface area (Å²) in [5, 5.41) is 18.3. The molecule has 9 amide bonds. The summed E-state index contributed by atoms with van der Waals surface area (Å²) in [6, 6.07) is -0.153. The number of nitrogens with one attached hydrogen (secondary N) is 7. The van der Waals surface area contributed by atoms with E-state index in [4.69, 9.17) is 28.7 Å². The van der Waals surface area contributed by atoms with Crippen LogP contribution in [0.5, 0.6) is 0 Å². The fraction of sp³-hybridized carbons (Fsp3) is 0.628. The van der Waals surface area contributed by atoms with E-state index in [9.17, 15) is 43.2 Å². The molecule has 380 valence electrons. The molecular weight excluding hydrogens is 921 g/mol. The SMILES string of the molecule is CC(C)C[C@H](NC(=O)[C@H](CCCCN)NC(=O)[C@H](C)N)C(=O)N[C@@H](CCCN=C(N)N)C(=O)N[C@@H](Cc1ccccc1)C(=O)NCC(=O)N[C@@H](CS)C(=O)N1CCC[C@H]1C(=O)N[C@@H](CS)C(N)=O. The molecule has 1 aliphatic heterocycles. The van der Waals surface area contributed by atoms with Crippen molar-refractivity contribution in [2.45, 2.75) is 127 Å². The lowest BCUT2D eigenvalue weighted by Gasteiger charge is -2.29. The average Bonchev–Trinajstić information content (AvgIpc) is 3.79. The molecule has 0 aromatic heterocycles. The molecule has 1 saturated heterocycles. The summed E-state index contributed by atoms with van der Waals surface area (Å²) in [6.45, 7) is 5.18. The van der Waals surface area contributed by atoms with Crippen molar-refractivity contribution in [3.05, 3.63) is 35.9 Å². The number of hydrogen-bond acceptors (Lipinski definition) is 14. The third-order valence-corrected chi connectivity index (χ3v) is 11.5. The third-order valence-electron chi connectivity index (χ3n) is 10.7. The highest BCUT2D eigenvalue weighted by Gasteiger charge is 2.39. The van der Waals surface area contributed by atoms with Crippen molar-refractivity contribution in [3.8, 4) is 0 Å². The first-order chi connectivity index (χ1) is 32.2. The molecule has 1 aliphatic rings. The van der Waals surface area contributed by atoms with E-state index in [1.807, 2.05) is 13.8 Å². The van der Waals surface area contributed by atoms with Gasteiger partial charge >= 0.3 is 0 Å². The van der Waals surface area contributed by atoms with Crippen molar-refractivity contribution < 1.29 is 43.2 Å². The molecule has 0 unspecified atom stereocenters. The fourth-order valence-electron chi connectivity index (χ4n) is 7.12. The summed E-state index contributed by atoms with van der Waals surface area (Å²) < 4.78 is 0. The minimum Gasteiger partial charge on any atom is -0.370 e. The molecule has 0 saturated carbocycles. The van der Waals surface area contributed by atoms with Crippen molar-refractivity contribution in [1.82, 2.24) is 42.1 Å². The molecule has 0 bridgehead atoms. The quantitative estimate of drug-likeness (QED) is 0.0152. The van der Waals surface area contributed by atoms with Crippen LogP contribution in [0.1, 0.15) is 77.7 Å². The first-order valence-electron chi connectivity index (χ1n) is 22.7. The van der Waals surface area contributed by atoms with Crippen molar-refractivity contribution in [2.24, 2.45) is 39.6 Å². The summed E-state index contributed by atoms with van der Waals surface area (Å²) in [5.74, 6) is -6.74. The molecular formula is C43H72N14O9S2. The van der Waals surface area contributed by atoms with Crippen LogP contribution in [0.2, 0.25) is 0 Å². The van der Waals surface area contributed by atoms with E-state index in [2.05, 4.69) is 67.5 Å². The van der Waals surface area contributed by atoms with Crippen LogP contribution in [0.15, 0.2) is 35.3 Å². The number of thiol groups is 2. The summed E-state index contributed by atoms with van der Waals surface area (Å²) in [7, 11) is 0. The lowest BCUT2D eigenvalue weighted by Crippen LogP contribution is -2.59. The van der Waals surface area contributed by atoms with Gasteiger partial charge in [-0.3, -0.25) is 48.1 Å². The molecule has 17 N–H and O–H groups in total. The van der Waals surface area contributed by atoms with E-state index in [0.717, 1.165) is 0 Å². The Balaban J connectivity index is 2.31. The van der Waals surface area contributed by atoms with E-state index in [1.54, 1.807) is 30.3 Å². The largest absolute Gasteiger partial charge is 0.370 e. The standard InChI is InChI=1S/C43H72N14O9S2/c1-24(2)19-29(54-38(62)27(13-7-8-16-44)52-36(60)25(3)45)40(64)53-28(14-9-17-49-43(47)48)39(63)55-30(20-26-11-5-4-6-12-26)37(61)50-21-34(58)51-32(23-68)42(66)57-18-10-15-33(57)41(65)56-31(22-67)35(46)59/h4-6,11-12,24-25,27-33,67-68H,7-10,13-23,44-45H2,1-3H3,(H2,46,59)(H,50,61)(H,51,58)(H,52,60)(H,53,64)(H,54,62)(H,55,63)(H,56,65)(H4,47,48,49)/t25-,27-,28-,29-,30-,31-,32-,33-/m0/s1. The molecule has 25 heteroatoms. The maximum atomic E-state index is 14.2.